The van der Waals surface area contributed by atoms with Gasteiger partial charge in [0.2, 0.25) is 0 Å². The largest absolute Gasteiger partial charge is 1.00 e. The Bertz CT molecular complexity index is 348. The molecule has 9 heteroatoms. The zero-order valence-corrected chi connectivity index (χ0v) is 10.8. The molecule has 0 bridgehead atoms. The number of carbonyl (C=O) groups excluding carboxylic acids is 2. The van der Waals surface area contributed by atoms with Crippen LogP contribution in [-0.4, -0.2) is 43.4 Å². The van der Waals surface area contributed by atoms with Gasteiger partial charge in [-0.3, -0.25) is 9.59 Å². The third-order valence-corrected chi connectivity index (χ3v) is 2.61. The van der Waals surface area contributed by atoms with Crippen LogP contribution in [0.25, 0.3) is 0 Å². The third kappa shape index (κ3) is 4.47. The van der Waals surface area contributed by atoms with Gasteiger partial charge in [-0.2, -0.15) is 0 Å². The van der Waals surface area contributed by atoms with Gasteiger partial charge in [-0.15, -0.1) is 0 Å². The first-order valence-corrected chi connectivity index (χ1v) is 5.15. The first kappa shape index (κ1) is 14.8. The molecule has 1 saturated heterocycles. The number of esters is 2. The van der Waals surface area contributed by atoms with Crippen LogP contribution in [0.15, 0.2) is 0 Å². The second-order valence-electron chi connectivity index (χ2n) is 2.57. The van der Waals surface area contributed by atoms with E-state index in [-0.39, 0.29) is 42.8 Å². The summed E-state index contributed by atoms with van der Waals surface area (Å²) in [7, 11) is -4.87. The van der Waals surface area contributed by atoms with Crippen molar-refractivity contribution in [3.63, 3.8) is 0 Å². The van der Waals surface area contributed by atoms with E-state index in [0.29, 0.717) is 0 Å². The summed E-state index contributed by atoms with van der Waals surface area (Å²) in [5.74, 6) is -2.09. The number of hydrogen-bond donors (Lipinski definition) is 0. The average Bonchev–Trinajstić information content (AvgIpc) is 2.03. The van der Waals surface area contributed by atoms with E-state index in [1.54, 1.807) is 0 Å². The molecule has 0 amide bonds. The molecule has 0 radical (unpaired) electrons. The summed E-state index contributed by atoms with van der Waals surface area (Å²) in [5, 5.41) is -1.99. The van der Waals surface area contributed by atoms with Crippen LogP contribution >= 0.6 is 0 Å². The van der Waals surface area contributed by atoms with Crippen molar-refractivity contribution in [3.05, 3.63) is 0 Å². The fourth-order valence-corrected chi connectivity index (χ4v) is 1.55. The Labute approximate surface area is 108 Å². The standard InChI is InChI=1S/C6H8O7S.Na/c7-5-3-4(14(9,10)11)6(8)13-2-1-12-5;/h4H,1-3H2,(H,9,10,11);/q;+1/p-1. The molecule has 7 nitrogen and oxygen atoms in total. The minimum atomic E-state index is -4.87. The number of carbonyl (C=O) groups is 2. The summed E-state index contributed by atoms with van der Waals surface area (Å²) < 4.78 is 40.4. The maximum Gasteiger partial charge on any atom is 1.00 e. The first-order valence-electron chi connectivity index (χ1n) is 3.68. The molecule has 0 aromatic rings. The Hall–Kier alpha value is -0.150. The summed E-state index contributed by atoms with van der Waals surface area (Å²) in [6, 6.07) is 0. The predicted molar refractivity (Wildman–Crippen MR) is 40.0 cm³/mol. The molecule has 1 unspecified atom stereocenters. The zero-order chi connectivity index (χ0) is 10.8. The van der Waals surface area contributed by atoms with E-state index in [1.165, 1.54) is 0 Å². The van der Waals surface area contributed by atoms with Crippen molar-refractivity contribution < 1.29 is 61.6 Å². The summed E-state index contributed by atoms with van der Waals surface area (Å²) in [6.07, 6.45) is -0.787. The van der Waals surface area contributed by atoms with E-state index >= 15 is 0 Å². The van der Waals surface area contributed by atoms with Gasteiger partial charge in [0.1, 0.15) is 23.3 Å². The van der Waals surface area contributed by atoms with Crippen LogP contribution in [0.1, 0.15) is 6.42 Å². The van der Waals surface area contributed by atoms with Crippen LogP contribution in [0.4, 0.5) is 0 Å². The van der Waals surface area contributed by atoms with Gasteiger partial charge < -0.3 is 14.0 Å². The van der Waals surface area contributed by atoms with E-state index in [1.807, 2.05) is 0 Å². The Morgan fingerprint density at radius 2 is 1.73 bits per heavy atom. The molecular weight excluding hydrogens is 239 g/mol. The van der Waals surface area contributed by atoms with E-state index in [9.17, 15) is 22.6 Å². The van der Waals surface area contributed by atoms with E-state index in [2.05, 4.69) is 9.47 Å². The van der Waals surface area contributed by atoms with Gasteiger partial charge in [0.25, 0.3) is 0 Å². The van der Waals surface area contributed by atoms with Crippen molar-refractivity contribution in [3.8, 4) is 0 Å². The van der Waals surface area contributed by atoms with Gasteiger partial charge in [-0.25, -0.2) is 8.42 Å². The molecule has 0 aromatic carbocycles. The normalized spacial score (nSPS) is 22.9. The van der Waals surface area contributed by atoms with Gasteiger partial charge in [0.15, 0.2) is 5.25 Å². The van der Waals surface area contributed by atoms with Crippen LogP contribution in [0.2, 0.25) is 0 Å². The monoisotopic (exact) mass is 246 g/mol. The van der Waals surface area contributed by atoms with Crippen LogP contribution in [0.3, 0.4) is 0 Å². The Morgan fingerprint density at radius 1 is 1.20 bits per heavy atom. The van der Waals surface area contributed by atoms with Crippen molar-refractivity contribution in [1.82, 2.24) is 0 Å². The molecular formula is C6H7NaO7S. The summed E-state index contributed by atoms with van der Waals surface area (Å²) in [6.45, 7) is -0.368. The minimum absolute atomic E-state index is 0. The molecule has 1 aliphatic heterocycles. The smallest absolute Gasteiger partial charge is 0.747 e. The molecule has 1 aliphatic rings. The fraction of sp³-hybridized carbons (Fsp3) is 0.667. The van der Waals surface area contributed by atoms with Gasteiger partial charge in [0.05, 0.1) is 6.42 Å². The molecule has 1 atom stereocenters. The van der Waals surface area contributed by atoms with E-state index < -0.39 is 33.7 Å². The molecule has 15 heavy (non-hydrogen) atoms. The zero-order valence-electron chi connectivity index (χ0n) is 7.96. The summed E-state index contributed by atoms with van der Waals surface area (Å²) >= 11 is 0. The van der Waals surface area contributed by atoms with Crippen LogP contribution in [-0.2, 0) is 29.2 Å². The maximum absolute atomic E-state index is 11.0. The van der Waals surface area contributed by atoms with Crippen LogP contribution in [0, 0.1) is 0 Å². The predicted octanol–water partition coefficient (Wildman–Crippen LogP) is -4.61. The van der Waals surface area contributed by atoms with Crippen molar-refractivity contribution >= 4 is 22.1 Å². The molecule has 1 rings (SSSR count). The molecule has 1 heterocycles. The quantitative estimate of drug-likeness (QED) is 0.260. The van der Waals surface area contributed by atoms with Gasteiger partial charge in [-0.05, 0) is 0 Å². The summed E-state index contributed by atoms with van der Waals surface area (Å²) in [4.78, 5) is 21.8. The molecule has 0 saturated carbocycles. The van der Waals surface area contributed by atoms with Crippen molar-refractivity contribution in [2.24, 2.45) is 0 Å². The van der Waals surface area contributed by atoms with Crippen LogP contribution < -0.4 is 29.6 Å². The van der Waals surface area contributed by atoms with Gasteiger partial charge in [0, 0.05) is 0 Å². The SMILES string of the molecule is O=C1CC(S(=O)(=O)[O-])C(=O)OCCO1.[Na+]. The Morgan fingerprint density at radius 3 is 2.27 bits per heavy atom. The van der Waals surface area contributed by atoms with Crippen LogP contribution in [0.5, 0.6) is 0 Å². The molecule has 80 valence electrons. The number of rotatable bonds is 1. The molecule has 0 N–H and O–H groups in total. The topological polar surface area (TPSA) is 110 Å². The third-order valence-electron chi connectivity index (χ3n) is 1.55. The Balaban J connectivity index is 0.00000196. The van der Waals surface area contributed by atoms with E-state index in [0.717, 1.165) is 0 Å². The fourth-order valence-electron chi connectivity index (χ4n) is 0.904. The molecule has 0 aliphatic carbocycles. The Kier molecular flexibility index (Phi) is 5.75. The second-order valence-corrected chi connectivity index (χ2v) is 4.13. The van der Waals surface area contributed by atoms with E-state index in [4.69, 9.17) is 0 Å². The number of ether oxygens (including phenoxy) is 2. The number of cyclic esters (lactones) is 2. The summed E-state index contributed by atoms with van der Waals surface area (Å²) in [5.41, 5.74) is 0. The first-order chi connectivity index (χ1) is 6.41. The number of hydrogen-bond acceptors (Lipinski definition) is 7. The second kappa shape index (κ2) is 5.80. The van der Waals surface area contributed by atoms with Crippen molar-refractivity contribution in [2.75, 3.05) is 13.2 Å². The van der Waals surface area contributed by atoms with Gasteiger partial charge >= 0.3 is 41.5 Å². The molecule has 1 fully saturated rings. The van der Waals surface area contributed by atoms with Crippen molar-refractivity contribution in [1.29, 1.82) is 0 Å². The average molecular weight is 246 g/mol. The molecule has 0 aromatic heterocycles. The maximum atomic E-state index is 11.0. The minimum Gasteiger partial charge on any atom is -0.747 e. The van der Waals surface area contributed by atoms with Gasteiger partial charge in [-0.1, -0.05) is 0 Å². The van der Waals surface area contributed by atoms with Crippen molar-refractivity contribution in [2.45, 2.75) is 11.7 Å². The molecule has 0 spiro atoms.